The molecule has 1 amide bonds. The minimum absolute atomic E-state index is 0.0172. The fourth-order valence-corrected chi connectivity index (χ4v) is 2.49. The molecule has 1 atom stereocenters. The van der Waals surface area contributed by atoms with Crippen molar-refractivity contribution in [2.75, 3.05) is 5.32 Å². The molecule has 0 heterocycles. The van der Waals surface area contributed by atoms with Gasteiger partial charge in [0.05, 0.1) is 11.5 Å². The Bertz CT molecular complexity index is 694. The van der Waals surface area contributed by atoms with Crippen LogP contribution < -0.4 is 5.32 Å². The molecule has 0 bridgehead atoms. The summed E-state index contributed by atoms with van der Waals surface area (Å²) in [5, 5.41) is 12.1. The molecular formula is C16H13BrF3NO2. The lowest BCUT2D eigenvalue weighted by Crippen LogP contribution is -2.19. The number of hydrogen-bond donors (Lipinski definition) is 2. The van der Waals surface area contributed by atoms with Crippen LogP contribution in [0.15, 0.2) is 46.9 Å². The number of phenols is 1. The van der Waals surface area contributed by atoms with Crippen molar-refractivity contribution in [2.45, 2.75) is 19.0 Å². The maximum Gasteiger partial charge on any atom is 0.416 e. The maximum absolute atomic E-state index is 12.5. The third kappa shape index (κ3) is 4.48. The van der Waals surface area contributed by atoms with Gasteiger partial charge in [-0.3, -0.25) is 4.79 Å². The Morgan fingerprint density at radius 3 is 2.30 bits per heavy atom. The quantitative estimate of drug-likeness (QED) is 0.785. The molecule has 2 rings (SSSR count). The fourth-order valence-electron chi connectivity index (χ4n) is 1.99. The Balaban J connectivity index is 2.12. The number of benzene rings is 2. The van der Waals surface area contributed by atoms with E-state index in [1.807, 2.05) is 0 Å². The van der Waals surface area contributed by atoms with E-state index in [1.54, 1.807) is 13.0 Å². The first-order valence-corrected chi connectivity index (χ1v) is 7.43. The molecule has 122 valence electrons. The number of carbonyl (C=O) groups excluding carboxylic acids is 1. The highest BCUT2D eigenvalue weighted by Crippen LogP contribution is 2.30. The molecule has 2 N–H and O–H groups in total. The summed E-state index contributed by atoms with van der Waals surface area (Å²) in [6.45, 7) is 1.64. The first-order valence-electron chi connectivity index (χ1n) is 6.64. The Hall–Kier alpha value is -2.02. The topological polar surface area (TPSA) is 49.3 Å². The minimum atomic E-state index is -4.41. The van der Waals surface area contributed by atoms with Crippen molar-refractivity contribution >= 4 is 27.5 Å². The molecule has 0 saturated heterocycles. The molecule has 0 fully saturated rings. The van der Waals surface area contributed by atoms with Gasteiger partial charge in [0.2, 0.25) is 5.91 Å². The van der Waals surface area contributed by atoms with Crippen LogP contribution in [0.3, 0.4) is 0 Å². The molecule has 23 heavy (non-hydrogen) atoms. The number of amides is 1. The molecule has 0 saturated carbocycles. The van der Waals surface area contributed by atoms with Crippen LogP contribution in [0.1, 0.15) is 24.0 Å². The van der Waals surface area contributed by atoms with Gasteiger partial charge in [-0.1, -0.05) is 15.9 Å². The maximum atomic E-state index is 12.5. The predicted molar refractivity (Wildman–Crippen MR) is 84.3 cm³/mol. The molecular weight excluding hydrogens is 375 g/mol. The molecule has 0 aliphatic rings. The van der Waals surface area contributed by atoms with Crippen molar-refractivity contribution in [3.8, 4) is 5.75 Å². The average Bonchev–Trinajstić information content (AvgIpc) is 2.45. The Morgan fingerprint density at radius 2 is 1.78 bits per heavy atom. The monoisotopic (exact) mass is 387 g/mol. The van der Waals surface area contributed by atoms with E-state index in [0.717, 1.165) is 12.1 Å². The number of anilines is 1. The molecule has 0 radical (unpaired) electrons. The van der Waals surface area contributed by atoms with E-state index in [2.05, 4.69) is 21.2 Å². The number of carbonyl (C=O) groups is 1. The third-order valence-corrected chi connectivity index (χ3v) is 3.74. The largest absolute Gasteiger partial charge is 0.508 e. The number of phenolic OH excluding ortho intramolecular Hbond substituents is 1. The first-order chi connectivity index (χ1) is 10.7. The van der Waals surface area contributed by atoms with Crippen LogP contribution >= 0.6 is 15.9 Å². The van der Waals surface area contributed by atoms with Gasteiger partial charge in [-0.25, -0.2) is 0 Å². The zero-order valence-corrected chi connectivity index (χ0v) is 13.6. The van der Waals surface area contributed by atoms with Gasteiger partial charge in [-0.2, -0.15) is 13.2 Å². The molecule has 1 unspecified atom stereocenters. The zero-order chi connectivity index (χ0) is 17.2. The van der Waals surface area contributed by atoms with Crippen molar-refractivity contribution in [1.29, 1.82) is 0 Å². The molecule has 0 aromatic heterocycles. The summed E-state index contributed by atoms with van der Waals surface area (Å²) in [5.74, 6) is -0.952. The van der Waals surface area contributed by atoms with Gasteiger partial charge in [0.15, 0.2) is 0 Å². The minimum Gasteiger partial charge on any atom is -0.508 e. The summed E-state index contributed by atoms with van der Waals surface area (Å²) in [6, 6.07) is 8.86. The van der Waals surface area contributed by atoms with Crippen LogP contribution in [0.4, 0.5) is 18.9 Å². The lowest BCUT2D eigenvalue weighted by molar-refractivity contribution is -0.137. The van der Waals surface area contributed by atoms with Gasteiger partial charge in [0, 0.05) is 10.2 Å². The van der Waals surface area contributed by atoms with Gasteiger partial charge in [-0.15, -0.1) is 0 Å². The van der Waals surface area contributed by atoms with Crippen LogP contribution in [-0.2, 0) is 11.0 Å². The second-order valence-corrected chi connectivity index (χ2v) is 5.94. The van der Waals surface area contributed by atoms with E-state index in [4.69, 9.17) is 0 Å². The lowest BCUT2D eigenvalue weighted by Gasteiger charge is -2.14. The second kappa shape index (κ2) is 6.62. The molecule has 0 spiro atoms. The number of aromatic hydroxyl groups is 1. The van der Waals surface area contributed by atoms with Gasteiger partial charge in [-0.05, 0) is 55.0 Å². The Kier molecular flexibility index (Phi) is 4.99. The van der Waals surface area contributed by atoms with Crippen LogP contribution in [0, 0.1) is 0 Å². The molecule has 0 aliphatic heterocycles. The van der Waals surface area contributed by atoms with Crippen LogP contribution in [0.25, 0.3) is 0 Å². The van der Waals surface area contributed by atoms with Crippen molar-refractivity contribution in [2.24, 2.45) is 0 Å². The lowest BCUT2D eigenvalue weighted by atomic mass is 10.00. The average molecular weight is 388 g/mol. The SMILES string of the molecule is CC(C(=O)Nc1ccc(C(F)(F)F)cc1)c1cc(O)cc(Br)c1. The van der Waals surface area contributed by atoms with Crippen LogP contribution in [0.2, 0.25) is 0 Å². The van der Waals surface area contributed by atoms with Gasteiger partial charge in [0.1, 0.15) is 5.75 Å². The highest BCUT2D eigenvalue weighted by atomic mass is 79.9. The summed E-state index contributed by atoms with van der Waals surface area (Å²) in [7, 11) is 0. The van der Waals surface area contributed by atoms with E-state index < -0.39 is 17.7 Å². The van der Waals surface area contributed by atoms with E-state index in [0.29, 0.717) is 10.0 Å². The molecule has 0 aliphatic carbocycles. The summed E-state index contributed by atoms with van der Waals surface area (Å²) in [5.41, 5.74) is 0.0795. The normalized spacial score (nSPS) is 12.7. The highest BCUT2D eigenvalue weighted by Gasteiger charge is 2.30. The summed E-state index contributed by atoms with van der Waals surface area (Å²) in [4.78, 5) is 12.2. The number of rotatable bonds is 3. The summed E-state index contributed by atoms with van der Waals surface area (Å²) >= 11 is 3.23. The van der Waals surface area contributed by atoms with Crippen molar-refractivity contribution < 1.29 is 23.1 Å². The van der Waals surface area contributed by atoms with Crippen molar-refractivity contribution in [3.63, 3.8) is 0 Å². The standard InChI is InChI=1S/C16H13BrF3NO2/c1-9(10-6-12(17)8-14(22)7-10)15(23)21-13-4-2-11(3-5-13)16(18,19)20/h2-9,22H,1H3,(H,21,23). The summed E-state index contributed by atoms with van der Waals surface area (Å²) in [6.07, 6.45) is -4.41. The number of alkyl halides is 3. The van der Waals surface area contributed by atoms with Gasteiger partial charge in [0.25, 0.3) is 0 Å². The molecule has 7 heteroatoms. The van der Waals surface area contributed by atoms with E-state index in [1.165, 1.54) is 24.3 Å². The zero-order valence-electron chi connectivity index (χ0n) is 12.0. The smallest absolute Gasteiger partial charge is 0.416 e. The Morgan fingerprint density at radius 1 is 1.17 bits per heavy atom. The third-order valence-electron chi connectivity index (χ3n) is 3.28. The summed E-state index contributed by atoms with van der Waals surface area (Å²) < 4.78 is 38.1. The molecule has 3 nitrogen and oxygen atoms in total. The fraction of sp³-hybridized carbons (Fsp3) is 0.188. The Labute approximate surface area is 139 Å². The number of halogens is 4. The van der Waals surface area contributed by atoms with Crippen molar-refractivity contribution in [1.82, 2.24) is 0 Å². The first kappa shape index (κ1) is 17.3. The van der Waals surface area contributed by atoms with E-state index >= 15 is 0 Å². The van der Waals surface area contributed by atoms with E-state index in [-0.39, 0.29) is 17.3 Å². The van der Waals surface area contributed by atoms with Gasteiger partial charge >= 0.3 is 6.18 Å². The van der Waals surface area contributed by atoms with Crippen LogP contribution in [-0.4, -0.2) is 11.0 Å². The second-order valence-electron chi connectivity index (χ2n) is 5.03. The van der Waals surface area contributed by atoms with Crippen LogP contribution in [0.5, 0.6) is 5.75 Å². The van der Waals surface area contributed by atoms with Gasteiger partial charge < -0.3 is 10.4 Å². The van der Waals surface area contributed by atoms with Crippen molar-refractivity contribution in [3.05, 3.63) is 58.1 Å². The molecule has 2 aromatic carbocycles. The highest BCUT2D eigenvalue weighted by molar-refractivity contribution is 9.10. The van der Waals surface area contributed by atoms with E-state index in [9.17, 15) is 23.1 Å². The predicted octanol–water partition coefficient (Wildman–Crippen LogP) is 4.92. The number of nitrogens with one attached hydrogen (secondary N) is 1. The molecule has 2 aromatic rings. The number of hydrogen-bond acceptors (Lipinski definition) is 2.